The molecule has 0 fully saturated rings. The van der Waals surface area contributed by atoms with E-state index in [0.717, 1.165) is 11.3 Å². The van der Waals surface area contributed by atoms with Crippen molar-refractivity contribution >= 4 is 23.3 Å². The van der Waals surface area contributed by atoms with Crippen molar-refractivity contribution in [2.45, 2.75) is 20.3 Å². The van der Waals surface area contributed by atoms with Crippen molar-refractivity contribution in [2.24, 2.45) is 0 Å². The number of nitrogens with zero attached hydrogens (tertiary/aromatic N) is 2. The number of aryl methyl sites for hydroxylation is 1. The van der Waals surface area contributed by atoms with E-state index >= 15 is 0 Å². The fourth-order valence-corrected chi connectivity index (χ4v) is 2.41. The molecule has 3 aromatic rings. The van der Waals surface area contributed by atoms with E-state index in [1.807, 2.05) is 61.5 Å². The third-order valence-corrected chi connectivity index (χ3v) is 3.84. The van der Waals surface area contributed by atoms with Crippen LogP contribution in [-0.4, -0.2) is 21.6 Å². The third kappa shape index (κ3) is 3.97. The van der Waals surface area contributed by atoms with Crippen LogP contribution in [0.2, 0.25) is 0 Å². The third-order valence-electron chi connectivity index (χ3n) is 3.84. The van der Waals surface area contributed by atoms with E-state index in [1.165, 1.54) is 0 Å². The second-order valence-electron chi connectivity index (χ2n) is 5.88. The lowest BCUT2D eigenvalue weighted by molar-refractivity contribution is -0.115. The number of benzene rings is 2. The fraction of sp³-hybridized carbons (Fsp3) is 0.150. The van der Waals surface area contributed by atoms with E-state index in [1.54, 1.807) is 17.7 Å². The normalized spacial score (nSPS) is 10.4. The minimum absolute atomic E-state index is 0.146. The molecule has 2 aromatic carbocycles. The Morgan fingerprint density at radius 2 is 1.69 bits per heavy atom. The van der Waals surface area contributed by atoms with Gasteiger partial charge in [0.2, 0.25) is 5.91 Å². The molecule has 0 radical (unpaired) electrons. The van der Waals surface area contributed by atoms with Gasteiger partial charge >= 0.3 is 0 Å². The standard InChI is InChI=1S/C20H20N4O2/c1-3-19(25)22-18-13-17(23-24(18)16-7-5-4-6-8-16)20(26)21-15-11-9-14(2)10-12-15/h4-13H,3H2,1-2H3,(H,21,26)(H,22,25). The van der Waals surface area contributed by atoms with Gasteiger partial charge in [-0.15, -0.1) is 0 Å². The number of carbonyl (C=O) groups is 2. The number of para-hydroxylation sites is 1. The van der Waals surface area contributed by atoms with Crippen molar-refractivity contribution in [3.05, 3.63) is 71.9 Å². The van der Waals surface area contributed by atoms with Gasteiger partial charge in [0.15, 0.2) is 5.69 Å². The second-order valence-corrected chi connectivity index (χ2v) is 5.88. The molecule has 6 nitrogen and oxygen atoms in total. The number of nitrogens with one attached hydrogen (secondary N) is 2. The number of anilines is 2. The van der Waals surface area contributed by atoms with Crippen molar-refractivity contribution < 1.29 is 9.59 Å². The molecule has 0 saturated heterocycles. The number of carbonyl (C=O) groups excluding carboxylic acids is 2. The van der Waals surface area contributed by atoms with Gasteiger partial charge in [0.1, 0.15) is 5.82 Å². The SMILES string of the molecule is CCC(=O)Nc1cc(C(=O)Nc2ccc(C)cc2)nn1-c1ccccc1. The van der Waals surface area contributed by atoms with Crippen LogP contribution in [0.5, 0.6) is 0 Å². The zero-order valence-electron chi connectivity index (χ0n) is 14.7. The Labute approximate surface area is 151 Å². The van der Waals surface area contributed by atoms with Crippen molar-refractivity contribution in [1.82, 2.24) is 9.78 Å². The average Bonchev–Trinajstić information content (AvgIpc) is 3.08. The maximum absolute atomic E-state index is 12.6. The highest BCUT2D eigenvalue weighted by atomic mass is 16.2. The summed E-state index contributed by atoms with van der Waals surface area (Å²) in [5.41, 5.74) is 2.78. The largest absolute Gasteiger partial charge is 0.321 e. The molecule has 0 aliphatic heterocycles. The molecule has 0 bridgehead atoms. The first-order valence-corrected chi connectivity index (χ1v) is 8.40. The molecule has 0 saturated carbocycles. The predicted molar refractivity (Wildman–Crippen MR) is 102 cm³/mol. The summed E-state index contributed by atoms with van der Waals surface area (Å²) in [6.45, 7) is 3.75. The first kappa shape index (κ1) is 17.4. The molecule has 0 spiro atoms. The molecular weight excluding hydrogens is 328 g/mol. The van der Waals surface area contributed by atoms with Crippen LogP contribution in [-0.2, 0) is 4.79 Å². The molecule has 1 aromatic heterocycles. The van der Waals surface area contributed by atoms with E-state index in [-0.39, 0.29) is 17.5 Å². The Bertz CT molecular complexity index is 915. The smallest absolute Gasteiger partial charge is 0.276 e. The van der Waals surface area contributed by atoms with Gasteiger partial charge in [0.05, 0.1) is 5.69 Å². The first-order chi connectivity index (χ1) is 12.6. The summed E-state index contributed by atoms with van der Waals surface area (Å²) in [7, 11) is 0. The van der Waals surface area contributed by atoms with Gasteiger partial charge < -0.3 is 10.6 Å². The van der Waals surface area contributed by atoms with E-state index in [0.29, 0.717) is 17.9 Å². The number of hydrogen-bond donors (Lipinski definition) is 2. The van der Waals surface area contributed by atoms with Gasteiger partial charge in [-0.05, 0) is 31.2 Å². The summed E-state index contributed by atoms with van der Waals surface area (Å²) in [5, 5.41) is 9.98. The molecule has 2 N–H and O–H groups in total. The summed E-state index contributed by atoms with van der Waals surface area (Å²) in [4.78, 5) is 24.4. The molecule has 3 rings (SSSR count). The van der Waals surface area contributed by atoms with Gasteiger partial charge in [-0.2, -0.15) is 5.10 Å². The Kier molecular flexibility index (Phi) is 5.12. The van der Waals surface area contributed by atoms with Crippen molar-refractivity contribution in [3.8, 4) is 5.69 Å². The monoisotopic (exact) mass is 348 g/mol. The van der Waals surface area contributed by atoms with Crippen molar-refractivity contribution in [3.63, 3.8) is 0 Å². The summed E-state index contributed by atoms with van der Waals surface area (Å²) in [6, 6.07) is 18.4. The Balaban J connectivity index is 1.90. The molecular formula is C20H20N4O2. The summed E-state index contributed by atoms with van der Waals surface area (Å²) < 4.78 is 1.55. The van der Waals surface area contributed by atoms with E-state index < -0.39 is 0 Å². The summed E-state index contributed by atoms with van der Waals surface area (Å²) >= 11 is 0. The molecule has 26 heavy (non-hydrogen) atoms. The lowest BCUT2D eigenvalue weighted by atomic mass is 10.2. The molecule has 0 unspecified atom stereocenters. The van der Waals surface area contributed by atoms with Crippen molar-refractivity contribution in [2.75, 3.05) is 10.6 Å². The molecule has 132 valence electrons. The maximum atomic E-state index is 12.6. The topological polar surface area (TPSA) is 76.0 Å². The van der Waals surface area contributed by atoms with Crippen LogP contribution in [0.25, 0.3) is 5.69 Å². The Morgan fingerprint density at radius 3 is 2.35 bits per heavy atom. The Morgan fingerprint density at radius 1 is 1.00 bits per heavy atom. The van der Waals surface area contributed by atoms with Crippen LogP contribution in [0, 0.1) is 6.92 Å². The lowest BCUT2D eigenvalue weighted by Gasteiger charge is -2.07. The maximum Gasteiger partial charge on any atom is 0.276 e. The van der Waals surface area contributed by atoms with Gasteiger partial charge in [-0.25, -0.2) is 4.68 Å². The minimum atomic E-state index is -0.337. The lowest BCUT2D eigenvalue weighted by Crippen LogP contribution is -2.14. The van der Waals surface area contributed by atoms with Crippen molar-refractivity contribution in [1.29, 1.82) is 0 Å². The average molecular weight is 348 g/mol. The first-order valence-electron chi connectivity index (χ1n) is 8.40. The van der Waals surface area contributed by atoms with E-state index in [4.69, 9.17) is 0 Å². The molecule has 0 aliphatic carbocycles. The zero-order valence-corrected chi connectivity index (χ0v) is 14.7. The minimum Gasteiger partial charge on any atom is -0.321 e. The molecule has 1 heterocycles. The van der Waals surface area contributed by atoms with Crippen LogP contribution >= 0.6 is 0 Å². The molecule has 0 atom stereocenters. The quantitative estimate of drug-likeness (QED) is 0.737. The highest BCUT2D eigenvalue weighted by Crippen LogP contribution is 2.19. The molecule has 2 amide bonds. The highest BCUT2D eigenvalue weighted by Gasteiger charge is 2.17. The number of hydrogen-bond acceptors (Lipinski definition) is 3. The highest BCUT2D eigenvalue weighted by molar-refractivity contribution is 6.04. The fourth-order valence-electron chi connectivity index (χ4n) is 2.41. The second kappa shape index (κ2) is 7.65. The van der Waals surface area contributed by atoms with E-state index in [2.05, 4.69) is 15.7 Å². The Hall–Kier alpha value is -3.41. The molecule has 0 aliphatic rings. The van der Waals surface area contributed by atoms with Crippen LogP contribution in [0.1, 0.15) is 29.4 Å². The summed E-state index contributed by atoms with van der Waals surface area (Å²) in [6.07, 6.45) is 0.338. The predicted octanol–water partition coefficient (Wildman–Crippen LogP) is 3.78. The zero-order chi connectivity index (χ0) is 18.5. The van der Waals surface area contributed by atoms with Crippen LogP contribution < -0.4 is 10.6 Å². The van der Waals surface area contributed by atoms with E-state index in [9.17, 15) is 9.59 Å². The van der Waals surface area contributed by atoms with Gasteiger partial charge in [0.25, 0.3) is 5.91 Å². The van der Waals surface area contributed by atoms with Gasteiger partial charge in [-0.3, -0.25) is 9.59 Å². The van der Waals surface area contributed by atoms with Gasteiger partial charge in [0, 0.05) is 18.2 Å². The number of rotatable bonds is 5. The van der Waals surface area contributed by atoms with Crippen LogP contribution in [0.3, 0.4) is 0 Å². The number of amides is 2. The van der Waals surface area contributed by atoms with Gasteiger partial charge in [-0.1, -0.05) is 42.8 Å². The molecule has 6 heteroatoms. The van der Waals surface area contributed by atoms with Crippen LogP contribution in [0.15, 0.2) is 60.7 Å². The number of aromatic nitrogens is 2. The van der Waals surface area contributed by atoms with Crippen LogP contribution in [0.4, 0.5) is 11.5 Å². The summed E-state index contributed by atoms with van der Waals surface area (Å²) in [5.74, 6) is -0.0276.